The third-order valence-corrected chi connectivity index (χ3v) is 3.54. The van der Waals surface area contributed by atoms with Crippen LogP contribution in [0.1, 0.15) is 16.7 Å². The Morgan fingerprint density at radius 3 is 2.64 bits per heavy atom. The Morgan fingerprint density at radius 2 is 2.14 bits per heavy atom. The van der Waals surface area contributed by atoms with Gasteiger partial charge in [0.15, 0.2) is 11.9 Å². The molecule has 1 aliphatic rings. The molecule has 0 saturated carbocycles. The summed E-state index contributed by atoms with van der Waals surface area (Å²) < 4.78 is 20.7. The van der Waals surface area contributed by atoms with E-state index in [0.29, 0.717) is 0 Å². The van der Waals surface area contributed by atoms with Crippen LogP contribution in [0.25, 0.3) is 0 Å². The fourth-order valence-corrected chi connectivity index (χ4v) is 2.35. The molecule has 0 radical (unpaired) electrons. The van der Waals surface area contributed by atoms with Crippen LogP contribution >= 0.6 is 7.82 Å². The van der Waals surface area contributed by atoms with Crippen molar-refractivity contribution < 1.29 is 38.6 Å². The molecule has 13 heteroatoms. The molecule has 1 aromatic rings. The number of hydrogen-bond donors (Lipinski definition) is 4. The van der Waals surface area contributed by atoms with Crippen molar-refractivity contribution in [1.82, 2.24) is 9.55 Å². The van der Waals surface area contributed by atoms with Gasteiger partial charge in [0.1, 0.15) is 24.1 Å². The second-order valence-corrected chi connectivity index (χ2v) is 5.69. The monoisotopic (exact) mass is 336 g/mol. The van der Waals surface area contributed by atoms with Gasteiger partial charge in [-0.15, -0.1) is 0 Å². The Balaban J connectivity index is 2.16. The molecule has 0 spiro atoms. The van der Waals surface area contributed by atoms with Gasteiger partial charge in [-0.2, -0.15) is 0 Å². The molecular weight excluding hydrogens is 323 g/mol. The topological polar surface area (TPSA) is 209 Å². The van der Waals surface area contributed by atoms with E-state index in [9.17, 15) is 29.4 Å². The van der Waals surface area contributed by atoms with E-state index in [1.807, 2.05) is 0 Å². The van der Waals surface area contributed by atoms with Crippen molar-refractivity contribution >= 4 is 19.5 Å². The lowest BCUT2D eigenvalue weighted by Crippen LogP contribution is -2.34. The van der Waals surface area contributed by atoms with Crippen LogP contribution in [0.2, 0.25) is 0 Å². The highest BCUT2D eigenvalue weighted by Gasteiger charge is 2.44. The molecule has 1 aromatic heterocycles. The highest BCUT2D eigenvalue weighted by Crippen LogP contribution is 2.34. The number of primary amides is 1. The van der Waals surface area contributed by atoms with Crippen LogP contribution in [0.3, 0.4) is 0 Å². The summed E-state index contributed by atoms with van der Waals surface area (Å²) in [5.41, 5.74) is 10.4. The summed E-state index contributed by atoms with van der Waals surface area (Å²) in [4.78, 5) is 35.6. The summed E-state index contributed by atoms with van der Waals surface area (Å²) in [7, 11) is -5.25. The molecule has 0 unspecified atom stereocenters. The summed E-state index contributed by atoms with van der Waals surface area (Å²) in [6.07, 6.45) is -4.57. The zero-order chi connectivity index (χ0) is 16.7. The Morgan fingerprint density at radius 1 is 1.50 bits per heavy atom. The number of carbonyl (C=O) groups excluding carboxylic acids is 1. The third-order valence-electron chi connectivity index (χ3n) is 3.07. The summed E-state index contributed by atoms with van der Waals surface area (Å²) >= 11 is 0. The number of nitrogens with two attached hydrogens (primary N) is 2. The normalized spacial score (nSPS) is 28.9. The summed E-state index contributed by atoms with van der Waals surface area (Å²) in [6, 6.07) is 0. The second kappa shape index (κ2) is 5.93. The SMILES string of the molecule is NC(=O)c1ncn([C@@H]2O[C@H](COP(=O)([O-])[O-])[C@@H](O)[C@H]2O)c1N. The largest absolute Gasteiger partial charge is 0.790 e. The van der Waals surface area contributed by atoms with Gasteiger partial charge >= 0.3 is 0 Å². The number of amides is 1. The number of imidazole rings is 1. The van der Waals surface area contributed by atoms with Gasteiger partial charge in [-0.3, -0.25) is 9.36 Å². The van der Waals surface area contributed by atoms with Crippen molar-refractivity contribution in [2.24, 2.45) is 5.73 Å². The predicted octanol–water partition coefficient (Wildman–Crippen LogP) is -3.97. The number of anilines is 1. The van der Waals surface area contributed by atoms with Crippen LogP contribution in [0, 0.1) is 0 Å². The third kappa shape index (κ3) is 3.28. The maximum atomic E-state index is 11.1. The highest BCUT2D eigenvalue weighted by atomic mass is 31.2. The molecule has 1 fully saturated rings. The number of aromatic nitrogens is 2. The van der Waals surface area contributed by atoms with Crippen molar-refractivity contribution in [2.75, 3.05) is 12.3 Å². The van der Waals surface area contributed by atoms with Crippen molar-refractivity contribution in [3.8, 4) is 0 Å². The lowest BCUT2D eigenvalue weighted by Gasteiger charge is -2.30. The summed E-state index contributed by atoms with van der Waals surface area (Å²) in [6.45, 7) is -0.781. The molecule has 0 aromatic carbocycles. The van der Waals surface area contributed by atoms with E-state index in [2.05, 4.69) is 9.51 Å². The van der Waals surface area contributed by atoms with E-state index in [1.165, 1.54) is 0 Å². The number of hydrogen-bond acceptors (Lipinski definition) is 10. The van der Waals surface area contributed by atoms with Gasteiger partial charge in [0, 0.05) is 0 Å². The van der Waals surface area contributed by atoms with Crippen LogP contribution in [-0.4, -0.2) is 50.6 Å². The first-order chi connectivity index (χ1) is 10.1. The predicted molar refractivity (Wildman–Crippen MR) is 64.6 cm³/mol. The van der Waals surface area contributed by atoms with Gasteiger partial charge in [-0.1, -0.05) is 0 Å². The van der Waals surface area contributed by atoms with Crippen LogP contribution in [0.4, 0.5) is 5.82 Å². The molecule has 0 bridgehead atoms. The number of carbonyl (C=O) groups is 1. The number of phosphoric acid groups is 1. The Kier molecular flexibility index (Phi) is 4.54. The van der Waals surface area contributed by atoms with Gasteiger partial charge in [-0.25, -0.2) is 4.98 Å². The molecule has 124 valence electrons. The number of ether oxygens (including phenoxy) is 1. The van der Waals surface area contributed by atoms with E-state index in [-0.39, 0.29) is 11.5 Å². The van der Waals surface area contributed by atoms with Crippen LogP contribution in [0.15, 0.2) is 6.33 Å². The molecule has 1 amide bonds. The Hall–Kier alpha value is -1.53. The smallest absolute Gasteiger partial charge is 0.271 e. The average Bonchev–Trinajstić information content (AvgIpc) is 2.90. The van der Waals surface area contributed by atoms with Crippen molar-refractivity contribution in [3.63, 3.8) is 0 Å². The highest BCUT2D eigenvalue weighted by molar-refractivity contribution is 7.43. The minimum Gasteiger partial charge on any atom is -0.790 e. The first-order valence-corrected chi connectivity index (χ1v) is 7.38. The molecule has 0 aliphatic carbocycles. The maximum Gasteiger partial charge on any atom is 0.271 e. The number of phosphoric ester groups is 1. The van der Waals surface area contributed by atoms with Crippen LogP contribution in [-0.2, 0) is 13.8 Å². The van der Waals surface area contributed by atoms with Gasteiger partial charge in [0.05, 0.1) is 20.8 Å². The molecular formula is C9H13N4O8P-2. The molecule has 4 atom stereocenters. The summed E-state index contributed by atoms with van der Waals surface area (Å²) in [5, 5.41) is 19.7. The van der Waals surface area contributed by atoms with E-state index in [1.54, 1.807) is 0 Å². The van der Waals surface area contributed by atoms with E-state index < -0.39 is 44.9 Å². The van der Waals surface area contributed by atoms with E-state index in [0.717, 1.165) is 10.9 Å². The molecule has 12 nitrogen and oxygen atoms in total. The number of nitrogens with zero attached hydrogens (tertiary/aromatic N) is 2. The second-order valence-electron chi connectivity index (χ2n) is 4.54. The number of aliphatic hydroxyl groups is 2. The molecule has 2 heterocycles. The fourth-order valence-electron chi connectivity index (χ4n) is 2.02. The van der Waals surface area contributed by atoms with E-state index >= 15 is 0 Å². The first-order valence-electron chi connectivity index (χ1n) is 5.92. The molecule has 1 aliphatic heterocycles. The number of rotatable bonds is 5. The zero-order valence-electron chi connectivity index (χ0n) is 10.9. The number of nitrogen functional groups attached to an aromatic ring is 1. The van der Waals surface area contributed by atoms with E-state index in [4.69, 9.17) is 16.2 Å². The van der Waals surface area contributed by atoms with Crippen molar-refractivity contribution in [2.45, 2.75) is 24.5 Å². The lowest BCUT2D eigenvalue weighted by atomic mass is 10.1. The minimum atomic E-state index is -5.25. The average molecular weight is 336 g/mol. The fraction of sp³-hybridized carbons (Fsp3) is 0.556. The maximum absolute atomic E-state index is 11.1. The standard InChI is InChI=1S/C9H15N4O8P/c10-7-4(8(11)16)12-2-13(7)9-6(15)5(14)3(21-9)1-20-22(17,18)19/h2-3,5-6,9,14-15H,1,10H2,(H2,11,16)(H2,17,18,19)/p-2/t3-,5-,6-,9-/m1/s1. The quantitative estimate of drug-likeness (QED) is 0.383. The molecule has 1 saturated heterocycles. The molecule has 6 N–H and O–H groups in total. The first kappa shape index (κ1) is 16.8. The summed E-state index contributed by atoms with van der Waals surface area (Å²) in [5.74, 6) is -1.11. The van der Waals surface area contributed by atoms with Crippen molar-refractivity contribution in [1.29, 1.82) is 0 Å². The van der Waals surface area contributed by atoms with Gasteiger partial charge in [-0.05, 0) is 0 Å². The van der Waals surface area contributed by atoms with Crippen LogP contribution in [0.5, 0.6) is 0 Å². The Bertz CT molecular complexity index is 615. The number of aliphatic hydroxyl groups excluding tert-OH is 2. The Labute approximate surface area is 123 Å². The van der Waals surface area contributed by atoms with Gasteiger partial charge in [0.2, 0.25) is 0 Å². The van der Waals surface area contributed by atoms with Crippen molar-refractivity contribution in [3.05, 3.63) is 12.0 Å². The van der Waals surface area contributed by atoms with Gasteiger partial charge in [0.25, 0.3) is 5.91 Å². The zero-order valence-corrected chi connectivity index (χ0v) is 11.8. The minimum absolute atomic E-state index is 0.205. The van der Waals surface area contributed by atoms with Crippen LogP contribution < -0.4 is 21.3 Å². The molecule has 22 heavy (non-hydrogen) atoms. The molecule has 2 rings (SSSR count). The lowest BCUT2D eigenvalue weighted by molar-refractivity contribution is -0.343. The van der Waals surface area contributed by atoms with Gasteiger partial charge < -0.3 is 45.3 Å².